The molecule has 7 nitrogen and oxygen atoms in total. The lowest BCUT2D eigenvalue weighted by Gasteiger charge is -2.40. The molecule has 210 valence electrons. The van der Waals surface area contributed by atoms with E-state index in [1.165, 1.54) is 16.5 Å². The van der Waals surface area contributed by atoms with Gasteiger partial charge in [0, 0.05) is 38.3 Å². The van der Waals surface area contributed by atoms with Crippen molar-refractivity contribution in [1.82, 2.24) is 29.3 Å². The number of aliphatic hydroxyl groups is 1. The van der Waals surface area contributed by atoms with Gasteiger partial charge < -0.3 is 9.67 Å². The second-order valence-corrected chi connectivity index (χ2v) is 11.1. The van der Waals surface area contributed by atoms with Gasteiger partial charge in [0.15, 0.2) is 5.65 Å². The molecule has 1 atom stereocenters. The van der Waals surface area contributed by atoms with Crippen molar-refractivity contribution in [3.8, 4) is 11.3 Å². The third-order valence-electron chi connectivity index (χ3n) is 8.30. The number of aromatic nitrogens is 4. The molecule has 42 heavy (non-hydrogen) atoms. The Kier molecular flexibility index (Phi) is 7.45. The van der Waals surface area contributed by atoms with Crippen LogP contribution in [-0.4, -0.2) is 73.3 Å². The van der Waals surface area contributed by atoms with Crippen molar-refractivity contribution in [2.75, 3.05) is 32.7 Å². The molecule has 1 fully saturated rings. The Morgan fingerprint density at radius 1 is 0.667 bits per heavy atom. The number of imidazole rings is 1. The molecule has 1 unspecified atom stereocenters. The Morgan fingerprint density at radius 3 is 2.05 bits per heavy atom. The summed E-state index contributed by atoms with van der Waals surface area (Å²) in [6.07, 6.45) is 2.83. The van der Waals surface area contributed by atoms with Gasteiger partial charge in [0.25, 0.3) is 0 Å². The van der Waals surface area contributed by atoms with Gasteiger partial charge in [-0.05, 0) is 28.0 Å². The van der Waals surface area contributed by atoms with Gasteiger partial charge in [-0.3, -0.25) is 9.80 Å². The molecule has 1 aliphatic heterocycles. The summed E-state index contributed by atoms with van der Waals surface area (Å²) in [7, 11) is 0. The van der Waals surface area contributed by atoms with Crippen LogP contribution in [0.4, 0.5) is 0 Å². The monoisotopic (exact) mass is 554 g/mol. The number of aliphatic hydroxyl groups excluding tert-OH is 1. The van der Waals surface area contributed by atoms with Crippen molar-refractivity contribution >= 4 is 21.9 Å². The second-order valence-electron chi connectivity index (χ2n) is 11.1. The van der Waals surface area contributed by atoms with Gasteiger partial charge in [0.1, 0.15) is 17.5 Å². The molecule has 6 aromatic rings. The zero-order valence-corrected chi connectivity index (χ0v) is 23.5. The van der Waals surface area contributed by atoms with Crippen LogP contribution in [0.1, 0.15) is 17.2 Å². The molecule has 1 N–H and O–H groups in total. The SMILES string of the molecule is OC(CN1CCN(C(c2ccccc2)c2ccccc2)CC1)Cn1cnc2c(-c3ccc4ccccc4c3)ncnc21. The van der Waals surface area contributed by atoms with E-state index in [-0.39, 0.29) is 6.04 Å². The molecule has 7 rings (SSSR count). The lowest BCUT2D eigenvalue weighted by molar-refractivity contribution is 0.0560. The van der Waals surface area contributed by atoms with Gasteiger partial charge in [-0.15, -0.1) is 0 Å². The fourth-order valence-corrected chi connectivity index (χ4v) is 6.23. The minimum atomic E-state index is -0.535. The molecule has 0 bridgehead atoms. The number of piperazine rings is 1. The quantitative estimate of drug-likeness (QED) is 0.271. The molecule has 0 spiro atoms. The Labute approximate surface area is 245 Å². The van der Waals surface area contributed by atoms with Crippen LogP contribution in [0.15, 0.2) is 116 Å². The topological polar surface area (TPSA) is 70.3 Å². The van der Waals surface area contributed by atoms with E-state index in [0.717, 1.165) is 54.0 Å². The van der Waals surface area contributed by atoms with Gasteiger partial charge in [-0.2, -0.15) is 0 Å². The average molecular weight is 555 g/mol. The van der Waals surface area contributed by atoms with Crippen LogP contribution in [0.3, 0.4) is 0 Å². The van der Waals surface area contributed by atoms with E-state index in [9.17, 15) is 5.11 Å². The van der Waals surface area contributed by atoms with Gasteiger partial charge >= 0.3 is 0 Å². The van der Waals surface area contributed by atoms with Gasteiger partial charge in [0.2, 0.25) is 0 Å². The number of hydrogen-bond donors (Lipinski definition) is 1. The molecular weight excluding hydrogens is 520 g/mol. The maximum absolute atomic E-state index is 11.1. The van der Waals surface area contributed by atoms with Crippen LogP contribution in [0.2, 0.25) is 0 Å². The van der Waals surface area contributed by atoms with E-state index in [2.05, 4.69) is 116 Å². The van der Waals surface area contributed by atoms with E-state index in [4.69, 9.17) is 0 Å². The minimum Gasteiger partial charge on any atom is -0.390 e. The van der Waals surface area contributed by atoms with Crippen molar-refractivity contribution in [1.29, 1.82) is 0 Å². The molecule has 0 radical (unpaired) electrons. The standard InChI is InChI=1S/C35H34N6O/c42-31(22-39-17-19-40(20-18-39)34(27-10-3-1-4-11-27)28-12-5-2-6-13-28)23-41-25-38-33-32(36-24-37-35(33)41)30-16-15-26-9-7-8-14-29(26)21-30/h1-16,21,24-25,31,34,42H,17-20,22-23H2. The van der Waals surface area contributed by atoms with Crippen molar-refractivity contribution in [2.24, 2.45) is 0 Å². The fourth-order valence-electron chi connectivity index (χ4n) is 6.23. The lowest BCUT2D eigenvalue weighted by atomic mass is 9.96. The number of nitrogens with zero attached hydrogens (tertiary/aromatic N) is 6. The number of β-amino-alcohol motifs (C(OH)–C–C–N with tert-alkyl or cyclic N) is 1. The molecule has 3 heterocycles. The Morgan fingerprint density at radius 2 is 1.33 bits per heavy atom. The van der Waals surface area contributed by atoms with E-state index in [1.807, 2.05) is 16.7 Å². The van der Waals surface area contributed by atoms with Crippen LogP contribution in [0.25, 0.3) is 33.2 Å². The molecule has 2 aromatic heterocycles. The van der Waals surface area contributed by atoms with Crippen molar-refractivity contribution in [3.05, 3.63) is 127 Å². The van der Waals surface area contributed by atoms with Crippen molar-refractivity contribution in [3.63, 3.8) is 0 Å². The first-order valence-electron chi connectivity index (χ1n) is 14.6. The zero-order chi connectivity index (χ0) is 28.3. The first-order chi connectivity index (χ1) is 20.7. The summed E-state index contributed by atoms with van der Waals surface area (Å²) in [5, 5.41) is 13.5. The first kappa shape index (κ1) is 26.5. The molecule has 7 heteroatoms. The second kappa shape index (κ2) is 11.8. The molecule has 0 saturated carbocycles. The third-order valence-corrected chi connectivity index (χ3v) is 8.30. The Bertz CT molecular complexity index is 1740. The van der Waals surface area contributed by atoms with Crippen LogP contribution in [0.5, 0.6) is 0 Å². The molecule has 4 aromatic carbocycles. The molecule has 0 amide bonds. The molecule has 0 aliphatic carbocycles. The van der Waals surface area contributed by atoms with E-state index >= 15 is 0 Å². The highest BCUT2D eigenvalue weighted by Gasteiger charge is 2.27. The highest BCUT2D eigenvalue weighted by molar-refractivity contribution is 5.92. The number of benzene rings is 4. The Hall–Kier alpha value is -4.43. The lowest BCUT2D eigenvalue weighted by Crippen LogP contribution is -2.50. The maximum Gasteiger partial charge on any atom is 0.163 e. The van der Waals surface area contributed by atoms with Crippen molar-refractivity contribution < 1.29 is 5.11 Å². The van der Waals surface area contributed by atoms with Crippen LogP contribution < -0.4 is 0 Å². The van der Waals surface area contributed by atoms with E-state index < -0.39 is 6.10 Å². The number of rotatable bonds is 8. The fraction of sp³-hybridized carbons (Fsp3) is 0.229. The maximum atomic E-state index is 11.1. The predicted octanol–water partition coefficient (Wildman–Crippen LogP) is 5.41. The minimum absolute atomic E-state index is 0.230. The molecule has 1 saturated heterocycles. The Balaban J connectivity index is 1.02. The number of hydrogen-bond acceptors (Lipinski definition) is 6. The zero-order valence-electron chi connectivity index (χ0n) is 23.5. The summed E-state index contributed by atoms with van der Waals surface area (Å²) >= 11 is 0. The third kappa shape index (κ3) is 5.42. The molecular formula is C35H34N6O. The summed E-state index contributed by atoms with van der Waals surface area (Å²) in [5.41, 5.74) is 5.94. The average Bonchev–Trinajstić information content (AvgIpc) is 3.45. The molecule has 1 aliphatic rings. The normalized spacial score (nSPS) is 15.5. The van der Waals surface area contributed by atoms with E-state index in [0.29, 0.717) is 13.1 Å². The summed E-state index contributed by atoms with van der Waals surface area (Å²) in [4.78, 5) is 18.7. The van der Waals surface area contributed by atoms with Gasteiger partial charge in [0.05, 0.1) is 25.0 Å². The van der Waals surface area contributed by atoms with Gasteiger partial charge in [-0.25, -0.2) is 15.0 Å². The summed E-state index contributed by atoms with van der Waals surface area (Å²) < 4.78 is 1.95. The predicted molar refractivity (Wildman–Crippen MR) is 167 cm³/mol. The smallest absolute Gasteiger partial charge is 0.163 e. The summed E-state index contributed by atoms with van der Waals surface area (Å²) in [6, 6.07) is 36.4. The highest BCUT2D eigenvalue weighted by Crippen LogP contribution is 2.30. The summed E-state index contributed by atoms with van der Waals surface area (Å²) in [6.45, 7) is 4.74. The van der Waals surface area contributed by atoms with Crippen LogP contribution >= 0.6 is 0 Å². The van der Waals surface area contributed by atoms with Gasteiger partial charge in [-0.1, -0.05) is 97.1 Å². The largest absolute Gasteiger partial charge is 0.390 e. The van der Waals surface area contributed by atoms with E-state index in [1.54, 1.807) is 12.7 Å². The summed E-state index contributed by atoms with van der Waals surface area (Å²) in [5.74, 6) is 0. The number of fused-ring (bicyclic) bond motifs is 2. The first-order valence-corrected chi connectivity index (χ1v) is 14.6. The van der Waals surface area contributed by atoms with Crippen LogP contribution in [-0.2, 0) is 6.54 Å². The highest BCUT2D eigenvalue weighted by atomic mass is 16.3. The van der Waals surface area contributed by atoms with Crippen LogP contribution in [0, 0.1) is 0 Å². The van der Waals surface area contributed by atoms with Crippen molar-refractivity contribution in [2.45, 2.75) is 18.7 Å².